The van der Waals surface area contributed by atoms with E-state index in [1.165, 1.54) is 11.3 Å². The molecule has 0 aromatic carbocycles. The van der Waals surface area contributed by atoms with Gasteiger partial charge in [-0.15, -0.1) is 11.3 Å². The van der Waals surface area contributed by atoms with Crippen LogP contribution in [0.5, 0.6) is 0 Å². The molecule has 1 aliphatic rings. The monoisotopic (exact) mass is 293 g/mol. The molecule has 2 rings (SSSR count). The molecule has 1 aromatic heterocycles. The van der Waals surface area contributed by atoms with Gasteiger partial charge in [0.1, 0.15) is 0 Å². The number of carbonyl (C=O) groups excluding carboxylic acids is 1. The number of likely N-dealkylation sites (tertiary alicyclic amines) is 1. The number of hydrogen-bond acceptors (Lipinski definition) is 4. The molecule has 0 saturated carbocycles. The van der Waals surface area contributed by atoms with E-state index < -0.39 is 0 Å². The Labute approximate surface area is 123 Å². The van der Waals surface area contributed by atoms with Crippen LogP contribution >= 0.6 is 11.3 Å². The second-order valence-electron chi connectivity index (χ2n) is 4.86. The van der Waals surface area contributed by atoms with Gasteiger partial charge < -0.3 is 15.1 Å². The fourth-order valence-corrected chi connectivity index (χ4v) is 3.17. The van der Waals surface area contributed by atoms with Gasteiger partial charge in [-0.25, -0.2) is 0 Å². The summed E-state index contributed by atoms with van der Waals surface area (Å²) in [5.74, 6) is 6.28. The number of thiophene rings is 1. The minimum atomic E-state index is 0.0597. The second kappa shape index (κ2) is 7.44. The number of aliphatic hydroxyl groups is 2. The Morgan fingerprint density at radius 1 is 1.40 bits per heavy atom. The number of aliphatic hydroxyl groups excluding tert-OH is 2. The van der Waals surface area contributed by atoms with Gasteiger partial charge in [-0.3, -0.25) is 4.79 Å². The van der Waals surface area contributed by atoms with E-state index in [9.17, 15) is 4.79 Å². The summed E-state index contributed by atoms with van der Waals surface area (Å²) in [6, 6.07) is 3.67. The molecule has 20 heavy (non-hydrogen) atoms. The molecular formula is C15H19NO3S. The number of amides is 1. The molecule has 5 heteroatoms. The summed E-state index contributed by atoms with van der Waals surface area (Å²) in [5, 5.41) is 17.6. The average molecular weight is 293 g/mol. The Balaban J connectivity index is 1.95. The second-order valence-corrected chi connectivity index (χ2v) is 5.94. The molecule has 108 valence electrons. The standard InChI is InChI=1S/C15H19NO3S/c17-9-2-1-3-13-4-5-14(20-13)15(19)16-8-6-12(11-16)7-10-18/h4-5,12,17-18H,2,6-11H2. The summed E-state index contributed by atoms with van der Waals surface area (Å²) in [7, 11) is 0. The van der Waals surface area contributed by atoms with Crippen LogP contribution in [0.25, 0.3) is 0 Å². The third kappa shape index (κ3) is 3.83. The predicted molar refractivity (Wildman–Crippen MR) is 78.6 cm³/mol. The first-order valence-electron chi connectivity index (χ1n) is 6.84. The SMILES string of the molecule is O=C(c1ccc(C#CCCO)s1)N1CCC(CCO)C1. The summed E-state index contributed by atoms with van der Waals surface area (Å²) < 4.78 is 0. The fourth-order valence-electron chi connectivity index (χ4n) is 2.32. The predicted octanol–water partition coefficient (Wildman–Crippen LogP) is 1.33. The largest absolute Gasteiger partial charge is 0.396 e. The zero-order chi connectivity index (χ0) is 14.4. The highest BCUT2D eigenvalue weighted by Crippen LogP contribution is 2.24. The quantitative estimate of drug-likeness (QED) is 0.823. The average Bonchev–Trinajstić information content (AvgIpc) is 3.08. The van der Waals surface area contributed by atoms with Crippen molar-refractivity contribution in [1.82, 2.24) is 4.90 Å². The van der Waals surface area contributed by atoms with E-state index in [-0.39, 0.29) is 19.1 Å². The normalized spacial score (nSPS) is 17.9. The number of rotatable bonds is 4. The van der Waals surface area contributed by atoms with Crippen molar-refractivity contribution in [1.29, 1.82) is 0 Å². The van der Waals surface area contributed by atoms with Crippen molar-refractivity contribution in [2.24, 2.45) is 5.92 Å². The molecule has 0 spiro atoms. The number of carbonyl (C=O) groups is 1. The molecular weight excluding hydrogens is 274 g/mol. The zero-order valence-corrected chi connectivity index (χ0v) is 12.2. The van der Waals surface area contributed by atoms with Gasteiger partial charge in [0.15, 0.2) is 0 Å². The van der Waals surface area contributed by atoms with Crippen molar-refractivity contribution in [3.05, 3.63) is 21.9 Å². The Morgan fingerprint density at radius 2 is 2.25 bits per heavy atom. The highest BCUT2D eigenvalue weighted by Gasteiger charge is 2.27. The molecule has 1 aromatic rings. The first kappa shape index (κ1) is 15.0. The van der Waals surface area contributed by atoms with E-state index in [1.807, 2.05) is 17.0 Å². The Hall–Kier alpha value is -1.35. The maximum absolute atomic E-state index is 12.3. The maximum atomic E-state index is 12.3. The van der Waals surface area contributed by atoms with Crippen molar-refractivity contribution < 1.29 is 15.0 Å². The molecule has 1 unspecified atom stereocenters. The van der Waals surface area contributed by atoms with Crippen LogP contribution in [0.2, 0.25) is 0 Å². The van der Waals surface area contributed by atoms with Gasteiger partial charge in [-0.2, -0.15) is 0 Å². The van der Waals surface area contributed by atoms with Crippen molar-refractivity contribution in [3.8, 4) is 11.8 Å². The van der Waals surface area contributed by atoms with E-state index in [1.54, 1.807) is 0 Å². The first-order valence-corrected chi connectivity index (χ1v) is 7.66. The summed E-state index contributed by atoms with van der Waals surface area (Å²) in [4.78, 5) is 15.7. The lowest BCUT2D eigenvalue weighted by atomic mass is 10.1. The highest BCUT2D eigenvalue weighted by atomic mass is 32.1. The van der Waals surface area contributed by atoms with Crippen LogP contribution in [0.15, 0.2) is 12.1 Å². The fraction of sp³-hybridized carbons (Fsp3) is 0.533. The van der Waals surface area contributed by atoms with Gasteiger partial charge in [-0.05, 0) is 30.9 Å². The number of hydrogen-bond donors (Lipinski definition) is 2. The molecule has 0 bridgehead atoms. The highest BCUT2D eigenvalue weighted by molar-refractivity contribution is 7.14. The van der Waals surface area contributed by atoms with Crippen molar-refractivity contribution in [2.75, 3.05) is 26.3 Å². The maximum Gasteiger partial charge on any atom is 0.263 e. The molecule has 2 heterocycles. The molecule has 1 atom stereocenters. The lowest BCUT2D eigenvalue weighted by Gasteiger charge is -2.15. The third-order valence-corrected chi connectivity index (χ3v) is 4.36. The van der Waals surface area contributed by atoms with Crippen LogP contribution in [0.3, 0.4) is 0 Å². The van der Waals surface area contributed by atoms with Crippen molar-refractivity contribution in [2.45, 2.75) is 19.3 Å². The molecule has 0 aliphatic carbocycles. The minimum Gasteiger partial charge on any atom is -0.396 e. The lowest BCUT2D eigenvalue weighted by Crippen LogP contribution is -2.28. The van der Waals surface area contributed by atoms with Crippen molar-refractivity contribution >= 4 is 17.2 Å². The molecule has 1 saturated heterocycles. The summed E-state index contributed by atoms with van der Waals surface area (Å²) in [6.45, 7) is 1.76. The van der Waals surface area contributed by atoms with E-state index in [0.29, 0.717) is 17.2 Å². The number of nitrogens with zero attached hydrogens (tertiary/aromatic N) is 1. The van der Waals surface area contributed by atoms with Crippen LogP contribution in [0.4, 0.5) is 0 Å². The molecule has 1 aliphatic heterocycles. The van der Waals surface area contributed by atoms with E-state index in [0.717, 1.165) is 30.8 Å². The lowest BCUT2D eigenvalue weighted by molar-refractivity contribution is 0.0789. The van der Waals surface area contributed by atoms with E-state index in [4.69, 9.17) is 10.2 Å². The molecule has 1 fully saturated rings. The van der Waals surface area contributed by atoms with Gasteiger partial charge in [0.2, 0.25) is 0 Å². The van der Waals surface area contributed by atoms with Gasteiger partial charge in [0.05, 0.1) is 16.4 Å². The summed E-state index contributed by atoms with van der Waals surface area (Å²) in [5.41, 5.74) is 0. The van der Waals surface area contributed by atoms with Crippen LogP contribution in [-0.2, 0) is 0 Å². The van der Waals surface area contributed by atoms with Crippen LogP contribution < -0.4 is 0 Å². The van der Waals surface area contributed by atoms with Crippen LogP contribution in [-0.4, -0.2) is 47.3 Å². The van der Waals surface area contributed by atoms with Crippen LogP contribution in [0, 0.1) is 17.8 Å². The molecule has 2 N–H and O–H groups in total. The zero-order valence-electron chi connectivity index (χ0n) is 11.3. The minimum absolute atomic E-state index is 0.0597. The van der Waals surface area contributed by atoms with Crippen molar-refractivity contribution in [3.63, 3.8) is 0 Å². The smallest absolute Gasteiger partial charge is 0.263 e. The van der Waals surface area contributed by atoms with E-state index >= 15 is 0 Å². The molecule has 4 nitrogen and oxygen atoms in total. The topological polar surface area (TPSA) is 60.8 Å². The Morgan fingerprint density at radius 3 is 3.00 bits per heavy atom. The molecule has 1 amide bonds. The summed E-state index contributed by atoms with van der Waals surface area (Å²) >= 11 is 1.40. The summed E-state index contributed by atoms with van der Waals surface area (Å²) in [6.07, 6.45) is 2.20. The molecule has 0 radical (unpaired) electrons. The Bertz CT molecular complexity index is 515. The first-order chi connectivity index (χ1) is 9.74. The van der Waals surface area contributed by atoms with Gasteiger partial charge in [0.25, 0.3) is 5.91 Å². The van der Waals surface area contributed by atoms with E-state index in [2.05, 4.69) is 11.8 Å². The van der Waals surface area contributed by atoms with Gasteiger partial charge in [0, 0.05) is 26.1 Å². The van der Waals surface area contributed by atoms with Crippen LogP contribution in [0.1, 0.15) is 33.8 Å². The third-order valence-electron chi connectivity index (χ3n) is 3.38. The van der Waals surface area contributed by atoms with Gasteiger partial charge in [-0.1, -0.05) is 11.8 Å². The Kier molecular flexibility index (Phi) is 5.60. The van der Waals surface area contributed by atoms with Gasteiger partial charge >= 0.3 is 0 Å².